The van der Waals surface area contributed by atoms with Crippen LogP contribution in [0, 0.1) is 6.42 Å². The maximum absolute atomic E-state index is 5.82. The fourth-order valence-electron chi connectivity index (χ4n) is 3.42. The zero-order valence-electron chi connectivity index (χ0n) is 14.6. The summed E-state index contributed by atoms with van der Waals surface area (Å²) in [6.07, 6.45) is 11.2. The van der Waals surface area contributed by atoms with Gasteiger partial charge in [-0.25, -0.2) is 0 Å². The molecule has 1 unspecified atom stereocenters. The summed E-state index contributed by atoms with van der Waals surface area (Å²) in [6.45, 7) is 6.87. The highest BCUT2D eigenvalue weighted by Crippen LogP contribution is 2.37. The summed E-state index contributed by atoms with van der Waals surface area (Å²) in [5.41, 5.74) is 7.16. The molecule has 3 aliphatic carbocycles. The van der Waals surface area contributed by atoms with Crippen molar-refractivity contribution in [2.75, 3.05) is 7.11 Å². The maximum atomic E-state index is 5.82. The van der Waals surface area contributed by atoms with Gasteiger partial charge in [0.05, 0.1) is 12.7 Å². The molecule has 0 N–H and O–H groups in total. The largest absolute Gasteiger partial charge is 0.496 e. The molecule has 1 aromatic carbocycles. The van der Waals surface area contributed by atoms with Gasteiger partial charge in [0.15, 0.2) is 0 Å². The first kappa shape index (κ1) is 16.7. The van der Waals surface area contributed by atoms with Gasteiger partial charge in [-0.15, -0.1) is 0 Å². The lowest BCUT2D eigenvalue weighted by molar-refractivity contribution is 0.403. The number of methoxy groups -OCH3 is 1. The van der Waals surface area contributed by atoms with Crippen LogP contribution in [0.1, 0.15) is 50.3 Å². The number of hydrogen-bond acceptors (Lipinski definition) is 1. The molecule has 0 radical (unpaired) electrons. The molecule has 0 saturated heterocycles. The minimum absolute atomic E-state index is 0.164. The van der Waals surface area contributed by atoms with E-state index in [4.69, 9.17) is 4.74 Å². The summed E-state index contributed by atoms with van der Waals surface area (Å²) in [6, 6.07) is 4.72. The Morgan fingerprint density at radius 3 is 2.30 bits per heavy atom. The number of benzene rings is 1. The fourth-order valence-corrected chi connectivity index (χ4v) is 4.14. The number of ether oxygens (including phenoxy) is 1. The quantitative estimate of drug-likeness (QED) is 0.452. The van der Waals surface area contributed by atoms with Crippen molar-refractivity contribution in [3.63, 3.8) is 0 Å². The van der Waals surface area contributed by atoms with Gasteiger partial charge in [0.2, 0.25) is 0 Å². The van der Waals surface area contributed by atoms with Crippen LogP contribution in [0.15, 0.2) is 35.4 Å². The maximum Gasteiger partial charge on any atom is 0.140 e. The van der Waals surface area contributed by atoms with E-state index in [-0.39, 0.29) is 5.41 Å². The Kier molecular flexibility index (Phi) is 4.64. The van der Waals surface area contributed by atoms with Gasteiger partial charge >= 0.3 is 0 Å². The number of aryl methyl sites for hydroxylation is 2. The Morgan fingerprint density at radius 2 is 1.74 bits per heavy atom. The Bertz CT molecular complexity index is 661. The number of fused-ring (bicyclic) bond motifs is 4. The first-order chi connectivity index (χ1) is 10.9. The standard InChI is InChI=1S/C21H26BrO/c1-21(2,3)18-12-16-8-6-14-5-7-15(19(22)11-14)9-10-17(13-18)20(16)23-4/h5,7,11-13,19H,6,8-10H2,1-4H3/q+1. The molecule has 4 rings (SSSR count). The first-order valence-electron chi connectivity index (χ1n) is 8.47. The molecule has 122 valence electrons. The van der Waals surface area contributed by atoms with Gasteiger partial charge in [-0.05, 0) is 50.9 Å². The lowest BCUT2D eigenvalue weighted by Gasteiger charge is -2.23. The van der Waals surface area contributed by atoms with Crippen molar-refractivity contribution in [3.8, 4) is 5.75 Å². The third-order valence-corrected chi connectivity index (χ3v) is 5.76. The third-order valence-electron chi connectivity index (χ3n) is 4.91. The summed E-state index contributed by atoms with van der Waals surface area (Å²) in [5.74, 6) is 1.10. The molecule has 4 bridgehead atoms. The second kappa shape index (κ2) is 6.39. The second-order valence-corrected chi connectivity index (χ2v) is 8.62. The highest BCUT2D eigenvalue weighted by Gasteiger charge is 2.26. The van der Waals surface area contributed by atoms with Gasteiger partial charge in [0.1, 0.15) is 10.6 Å². The van der Waals surface area contributed by atoms with Crippen LogP contribution in [-0.4, -0.2) is 11.9 Å². The van der Waals surface area contributed by atoms with Crippen LogP contribution in [0.3, 0.4) is 0 Å². The van der Waals surface area contributed by atoms with E-state index in [1.807, 2.05) is 7.11 Å². The van der Waals surface area contributed by atoms with E-state index in [0.29, 0.717) is 4.83 Å². The normalized spacial score (nSPS) is 21.0. The molecule has 1 nitrogen and oxygen atoms in total. The van der Waals surface area contributed by atoms with Crippen molar-refractivity contribution in [3.05, 3.63) is 58.5 Å². The number of allylic oxidation sites excluding steroid dienone is 4. The summed E-state index contributed by atoms with van der Waals surface area (Å²) < 4.78 is 5.82. The number of hydrogen-bond donors (Lipinski definition) is 0. The zero-order chi connectivity index (χ0) is 16.6. The lowest BCUT2D eigenvalue weighted by Crippen LogP contribution is -2.13. The van der Waals surface area contributed by atoms with Crippen LogP contribution in [0.4, 0.5) is 0 Å². The third kappa shape index (κ3) is 3.52. The molecular formula is C21H26BrO+. The topological polar surface area (TPSA) is 9.23 Å². The van der Waals surface area contributed by atoms with Gasteiger partial charge in [-0.2, -0.15) is 0 Å². The number of alkyl halides is 1. The van der Waals surface area contributed by atoms with E-state index < -0.39 is 0 Å². The van der Waals surface area contributed by atoms with Crippen molar-refractivity contribution < 1.29 is 4.74 Å². The molecule has 0 aromatic heterocycles. The molecule has 1 atom stereocenters. The van der Waals surface area contributed by atoms with Gasteiger partial charge in [0, 0.05) is 37.0 Å². The van der Waals surface area contributed by atoms with E-state index >= 15 is 0 Å². The molecular weight excluding hydrogens is 348 g/mol. The Labute approximate surface area is 148 Å². The summed E-state index contributed by atoms with van der Waals surface area (Å²) in [5, 5.41) is 0. The van der Waals surface area contributed by atoms with Crippen LogP contribution in [-0.2, 0) is 18.3 Å². The number of halogens is 1. The molecule has 3 aliphatic rings. The van der Waals surface area contributed by atoms with Gasteiger partial charge in [-0.3, -0.25) is 0 Å². The fraction of sp³-hybridized carbons (Fsp3) is 0.476. The smallest absolute Gasteiger partial charge is 0.140 e. The summed E-state index contributed by atoms with van der Waals surface area (Å²) >= 11 is 3.82. The average molecular weight is 374 g/mol. The summed E-state index contributed by atoms with van der Waals surface area (Å²) in [7, 11) is 1.81. The molecule has 0 saturated carbocycles. The Balaban J connectivity index is 2.07. The molecule has 0 aliphatic heterocycles. The summed E-state index contributed by atoms with van der Waals surface area (Å²) in [4.78, 5) is 0.382. The van der Waals surface area contributed by atoms with Crippen LogP contribution in [0.5, 0.6) is 5.75 Å². The van der Waals surface area contributed by atoms with E-state index in [0.717, 1.165) is 31.4 Å². The molecule has 0 amide bonds. The monoisotopic (exact) mass is 373 g/mol. The lowest BCUT2D eigenvalue weighted by atomic mass is 9.83. The van der Waals surface area contributed by atoms with Crippen LogP contribution >= 0.6 is 15.9 Å². The average Bonchev–Trinajstić information content (AvgIpc) is 2.52. The van der Waals surface area contributed by atoms with Crippen LogP contribution < -0.4 is 4.74 Å². The van der Waals surface area contributed by atoms with Crippen LogP contribution in [0.25, 0.3) is 0 Å². The Hall–Kier alpha value is -1.15. The van der Waals surface area contributed by atoms with Crippen LogP contribution in [0.2, 0.25) is 0 Å². The van der Waals surface area contributed by atoms with Gasteiger partial charge < -0.3 is 4.74 Å². The van der Waals surface area contributed by atoms with Gasteiger partial charge in [-0.1, -0.05) is 32.9 Å². The Morgan fingerprint density at radius 1 is 1.09 bits per heavy atom. The van der Waals surface area contributed by atoms with E-state index in [9.17, 15) is 0 Å². The molecule has 2 heteroatoms. The SMILES string of the molecule is COc1c2cc(C(C)(C)C)cc1CCC1=C[CH+]C(=CC1Br)CC2. The highest BCUT2D eigenvalue weighted by atomic mass is 79.9. The van der Waals surface area contributed by atoms with E-state index in [1.54, 1.807) is 0 Å². The highest BCUT2D eigenvalue weighted by molar-refractivity contribution is 9.09. The van der Waals surface area contributed by atoms with E-state index in [1.165, 1.54) is 27.8 Å². The molecule has 0 fully saturated rings. The van der Waals surface area contributed by atoms with E-state index in [2.05, 4.69) is 67.4 Å². The predicted molar refractivity (Wildman–Crippen MR) is 102 cm³/mol. The minimum atomic E-state index is 0.164. The van der Waals surface area contributed by atoms with Crippen molar-refractivity contribution in [2.24, 2.45) is 0 Å². The predicted octanol–water partition coefficient (Wildman–Crippen LogP) is 5.71. The second-order valence-electron chi connectivity index (χ2n) is 7.63. The van der Waals surface area contributed by atoms with Crippen molar-refractivity contribution >= 4 is 15.9 Å². The molecule has 0 heterocycles. The minimum Gasteiger partial charge on any atom is -0.496 e. The molecule has 23 heavy (non-hydrogen) atoms. The van der Waals surface area contributed by atoms with Crippen molar-refractivity contribution in [2.45, 2.75) is 56.7 Å². The molecule has 0 spiro atoms. The van der Waals surface area contributed by atoms with Crippen molar-refractivity contribution in [1.29, 1.82) is 0 Å². The van der Waals surface area contributed by atoms with Gasteiger partial charge in [0.25, 0.3) is 0 Å². The molecule has 1 aromatic rings. The first-order valence-corrected chi connectivity index (χ1v) is 9.39. The van der Waals surface area contributed by atoms with Crippen molar-refractivity contribution in [1.82, 2.24) is 0 Å². The zero-order valence-corrected chi connectivity index (χ0v) is 16.2. The number of rotatable bonds is 1.